The van der Waals surface area contributed by atoms with Crippen molar-refractivity contribution in [2.24, 2.45) is 0 Å². The van der Waals surface area contributed by atoms with Crippen LogP contribution in [0, 0.1) is 0 Å². The third-order valence-corrected chi connectivity index (χ3v) is 4.57. The van der Waals surface area contributed by atoms with Crippen LogP contribution in [-0.2, 0) is 4.79 Å². The van der Waals surface area contributed by atoms with Crippen molar-refractivity contribution in [3.05, 3.63) is 23.8 Å². The molecular weight excluding hydrogens is 274 g/mol. The lowest BCUT2D eigenvalue weighted by molar-refractivity contribution is -0.115. The molecule has 2 heterocycles. The molecule has 20 heavy (non-hydrogen) atoms. The number of amides is 2. The number of hydrogen-bond donors (Lipinski definition) is 3. The van der Waals surface area contributed by atoms with Crippen LogP contribution < -0.4 is 16.0 Å². The van der Waals surface area contributed by atoms with E-state index in [1.54, 1.807) is 17.8 Å². The van der Waals surface area contributed by atoms with Gasteiger partial charge in [-0.15, -0.1) is 11.8 Å². The number of hydrogen-bond acceptors (Lipinski definition) is 4. The Balaban J connectivity index is 1.76. The zero-order chi connectivity index (χ0) is 13.9. The van der Waals surface area contributed by atoms with E-state index in [1.165, 1.54) is 0 Å². The number of anilines is 1. The first kappa shape index (κ1) is 13.5. The fourth-order valence-electron chi connectivity index (χ4n) is 2.41. The molecule has 2 aliphatic heterocycles. The van der Waals surface area contributed by atoms with Crippen molar-refractivity contribution >= 4 is 29.3 Å². The Labute approximate surface area is 121 Å². The average Bonchev–Trinajstić information content (AvgIpc) is 2.85. The minimum absolute atomic E-state index is 0.00815. The van der Waals surface area contributed by atoms with Gasteiger partial charge in [0, 0.05) is 35.2 Å². The lowest BCUT2D eigenvalue weighted by Gasteiger charge is -2.13. The lowest BCUT2D eigenvalue weighted by atomic mass is 10.1. The van der Waals surface area contributed by atoms with E-state index in [-0.39, 0.29) is 17.9 Å². The Morgan fingerprint density at radius 1 is 1.40 bits per heavy atom. The van der Waals surface area contributed by atoms with E-state index in [2.05, 4.69) is 16.0 Å². The van der Waals surface area contributed by atoms with Gasteiger partial charge in [0.05, 0.1) is 5.69 Å². The molecule has 3 N–H and O–H groups in total. The predicted octanol–water partition coefficient (Wildman–Crippen LogP) is 1.21. The summed E-state index contributed by atoms with van der Waals surface area (Å²) in [7, 11) is 0. The summed E-state index contributed by atoms with van der Waals surface area (Å²) in [6.07, 6.45) is 1.47. The molecule has 0 aromatic heterocycles. The summed E-state index contributed by atoms with van der Waals surface area (Å²) < 4.78 is 0. The van der Waals surface area contributed by atoms with E-state index >= 15 is 0 Å². The average molecular weight is 291 g/mol. The third kappa shape index (κ3) is 2.96. The van der Waals surface area contributed by atoms with Gasteiger partial charge in [0.2, 0.25) is 5.91 Å². The van der Waals surface area contributed by atoms with E-state index in [0.717, 1.165) is 35.8 Å². The van der Waals surface area contributed by atoms with Crippen LogP contribution in [0.4, 0.5) is 5.69 Å². The highest BCUT2D eigenvalue weighted by atomic mass is 32.2. The smallest absolute Gasteiger partial charge is 0.251 e. The molecule has 1 unspecified atom stereocenters. The second kappa shape index (κ2) is 5.85. The van der Waals surface area contributed by atoms with Crippen molar-refractivity contribution < 1.29 is 9.59 Å². The van der Waals surface area contributed by atoms with Gasteiger partial charge in [-0.05, 0) is 31.2 Å². The largest absolute Gasteiger partial charge is 0.348 e. The van der Waals surface area contributed by atoms with Gasteiger partial charge in [0.15, 0.2) is 0 Å². The molecule has 0 aliphatic carbocycles. The summed E-state index contributed by atoms with van der Waals surface area (Å²) in [6.45, 7) is 1.77. The molecule has 0 saturated carbocycles. The minimum Gasteiger partial charge on any atom is -0.348 e. The van der Waals surface area contributed by atoms with Crippen LogP contribution in [0.5, 0.6) is 0 Å². The maximum atomic E-state index is 12.2. The summed E-state index contributed by atoms with van der Waals surface area (Å²) in [5.74, 6) is 0.705. The highest BCUT2D eigenvalue weighted by molar-refractivity contribution is 7.99. The molecule has 0 spiro atoms. The fraction of sp³-hybridized carbons (Fsp3) is 0.429. The van der Waals surface area contributed by atoms with E-state index < -0.39 is 0 Å². The zero-order valence-corrected chi connectivity index (χ0v) is 11.9. The first-order valence-corrected chi connectivity index (χ1v) is 7.79. The molecule has 106 valence electrons. The number of fused-ring (bicyclic) bond motifs is 1. The first-order valence-electron chi connectivity index (χ1n) is 6.80. The van der Waals surface area contributed by atoms with Crippen LogP contribution in [0.3, 0.4) is 0 Å². The molecular formula is C14H17N3O2S. The Hall–Kier alpha value is -1.53. The molecule has 1 aromatic rings. The van der Waals surface area contributed by atoms with Crippen molar-refractivity contribution in [1.29, 1.82) is 0 Å². The van der Waals surface area contributed by atoms with E-state index in [4.69, 9.17) is 0 Å². The van der Waals surface area contributed by atoms with Gasteiger partial charge in [-0.2, -0.15) is 0 Å². The number of thioether (sulfide) groups is 1. The molecule has 5 nitrogen and oxygen atoms in total. The zero-order valence-electron chi connectivity index (χ0n) is 11.1. The normalized spacial score (nSPS) is 21.8. The Kier molecular flexibility index (Phi) is 3.93. The molecule has 2 amide bonds. The summed E-state index contributed by atoms with van der Waals surface area (Å²) in [5, 5.41) is 9.09. The first-order chi connectivity index (χ1) is 9.72. The quantitative estimate of drug-likeness (QED) is 0.766. The molecule has 0 radical (unpaired) electrons. The van der Waals surface area contributed by atoms with E-state index in [0.29, 0.717) is 12.0 Å². The number of carbonyl (C=O) groups excluding carboxylic acids is 2. The van der Waals surface area contributed by atoms with Crippen LogP contribution in [0.25, 0.3) is 0 Å². The molecule has 2 aliphatic rings. The number of benzene rings is 1. The fourth-order valence-corrected chi connectivity index (χ4v) is 3.34. The Morgan fingerprint density at radius 2 is 2.30 bits per heavy atom. The summed E-state index contributed by atoms with van der Waals surface area (Å²) in [6, 6.07) is 5.70. The van der Waals surface area contributed by atoms with Crippen LogP contribution in [0.2, 0.25) is 0 Å². The molecule has 1 aromatic carbocycles. The standard InChI is InChI=1S/C14H17N3O2S/c18-13-4-6-20-12-2-1-9(7-11(12)17-13)14(19)16-10-3-5-15-8-10/h1-2,7,10,15H,3-6,8H2,(H,16,19)(H,17,18). The van der Waals surface area contributed by atoms with Crippen LogP contribution >= 0.6 is 11.8 Å². The van der Waals surface area contributed by atoms with Gasteiger partial charge in [0.25, 0.3) is 5.91 Å². The second-order valence-electron chi connectivity index (χ2n) is 5.02. The molecule has 0 bridgehead atoms. The van der Waals surface area contributed by atoms with E-state index in [1.807, 2.05) is 12.1 Å². The van der Waals surface area contributed by atoms with Crippen molar-refractivity contribution in [3.63, 3.8) is 0 Å². The molecule has 6 heteroatoms. The molecule has 1 saturated heterocycles. The Bertz CT molecular complexity index is 541. The van der Waals surface area contributed by atoms with Gasteiger partial charge in [-0.1, -0.05) is 0 Å². The molecule has 3 rings (SSSR count). The second-order valence-corrected chi connectivity index (χ2v) is 6.16. The highest BCUT2D eigenvalue weighted by Crippen LogP contribution is 2.31. The van der Waals surface area contributed by atoms with Crippen LogP contribution in [-0.4, -0.2) is 36.7 Å². The van der Waals surface area contributed by atoms with E-state index in [9.17, 15) is 9.59 Å². The van der Waals surface area contributed by atoms with Crippen molar-refractivity contribution in [2.45, 2.75) is 23.8 Å². The van der Waals surface area contributed by atoms with Crippen molar-refractivity contribution in [2.75, 3.05) is 24.2 Å². The SMILES string of the molecule is O=C1CCSc2ccc(C(=O)NC3CCNC3)cc2N1. The lowest BCUT2D eigenvalue weighted by Crippen LogP contribution is -2.36. The highest BCUT2D eigenvalue weighted by Gasteiger charge is 2.19. The van der Waals surface area contributed by atoms with Gasteiger partial charge in [-0.3, -0.25) is 9.59 Å². The summed E-state index contributed by atoms with van der Waals surface area (Å²) >= 11 is 1.64. The Morgan fingerprint density at radius 3 is 3.10 bits per heavy atom. The number of rotatable bonds is 2. The van der Waals surface area contributed by atoms with Gasteiger partial charge in [-0.25, -0.2) is 0 Å². The third-order valence-electron chi connectivity index (χ3n) is 3.50. The van der Waals surface area contributed by atoms with Crippen LogP contribution in [0.1, 0.15) is 23.2 Å². The van der Waals surface area contributed by atoms with Crippen molar-refractivity contribution in [1.82, 2.24) is 10.6 Å². The minimum atomic E-state index is -0.0787. The number of nitrogens with one attached hydrogen (secondary N) is 3. The molecule has 1 fully saturated rings. The maximum Gasteiger partial charge on any atom is 0.251 e. The van der Waals surface area contributed by atoms with Crippen LogP contribution in [0.15, 0.2) is 23.1 Å². The van der Waals surface area contributed by atoms with Crippen molar-refractivity contribution in [3.8, 4) is 0 Å². The maximum absolute atomic E-state index is 12.2. The predicted molar refractivity (Wildman–Crippen MR) is 79.2 cm³/mol. The van der Waals surface area contributed by atoms with Gasteiger partial charge in [0.1, 0.15) is 0 Å². The topological polar surface area (TPSA) is 70.2 Å². The van der Waals surface area contributed by atoms with Gasteiger partial charge < -0.3 is 16.0 Å². The van der Waals surface area contributed by atoms with Gasteiger partial charge >= 0.3 is 0 Å². The molecule has 1 atom stereocenters. The summed E-state index contributed by atoms with van der Waals surface area (Å²) in [5.41, 5.74) is 1.34. The summed E-state index contributed by atoms with van der Waals surface area (Å²) in [4.78, 5) is 24.8. The monoisotopic (exact) mass is 291 g/mol. The number of carbonyl (C=O) groups is 2.